The predicted molar refractivity (Wildman–Crippen MR) is 182 cm³/mol. The van der Waals surface area contributed by atoms with Gasteiger partial charge in [0.25, 0.3) is 0 Å². The van der Waals surface area contributed by atoms with E-state index in [1.165, 1.54) is 12.1 Å². The molecule has 0 bridgehead atoms. The summed E-state index contributed by atoms with van der Waals surface area (Å²) in [4.78, 5) is 0. The molecule has 4 heterocycles. The number of hydrogen-bond acceptors (Lipinski definition) is 10. The van der Waals surface area contributed by atoms with Gasteiger partial charge in [-0.2, -0.15) is 0 Å². The Labute approximate surface area is 271 Å². The highest BCUT2D eigenvalue weighted by atomic mass is 28.4. The fourth-order valence-corrected chi connectivity index (χ4v) is 23.3. The summed E-state index contributed by atoms with van der Waals surface area (Å²) in [6.07, 6.45) is 4.81. The van der Waals surface area contributed by atoms with Crippen molar-refractivity contribution >= 4 is 33.3 Å². The molecule has 260 valence electrons. The average molecular weight is 697 g/mol. The van der Waals surface area contributed by atoms with Gasteiger partial charge >= 0.3 is 0 Å². The van der Waals surface area contributed by atoms with Crippen molar-refractivity contribution < 1.29 is 46.1 Å². The highest BCUT2D eigenvalue weighted by Crippen LogP contribution is 2.27. The van der Waals surface area contributed by atoms with Crippen molar-refractivity contribution in [1.29, 1.82) is 0 Å². The van der Waals surface area contributed by atoms with Crippen molar-refractivity contribution in [2.24, 2.45) is 0 Å². The maximum atomic E-state index is 6.63. The van der Waals surface area contributed by atoms with Gasteiger partial charge in [-0.25, -0.2) is 0 Å². The van der Waals surface area contributed by atoms with E-state index in [2.05, 4.69) is 52.4 Å². The van der Waals surface area contributed by atoms with Gasteiger partial charge in [-0.05, 0) is 102 Å². The van der Waals surface area contributed by atoms with Gasteiger partial charge in [0.05, 0.1) is 52.9 Å². The van der Waals surface area contributed by atoms with Crippen LogP contribution in [0.3, 0.4) is 0 Å². The Morgan fingerprint density at radius 1 is 0.545 bits per heavy atom. The van der Waals surface area contributed by atoms with Gasteiger partial charge in [0.15, 0.2) is 45.8 Å². The Morgan fingerprint density at radius 2 is 0.977 bits per heavy atom. The molecule has 0 saturated carbocycles. The minimum absolute atomic E-state index is 0.00885. The molecule has 1 atom stereocenters. The molecule has 44 heavy (non-hydrogen) atoms. The number of hydrogen-bond donors (Lipinski definition) is 0. The third kappa shape index (κ3) is 17.6. The van der Waals surface area contributed by atoms with Crippen LogP contribution in [-0.2, 0) is 46.1 Å². The molecule has 10 nitrogen and oxygen atoms in total. The number of rotatable bonds is 21. The summed E-state index contributed by atoms with van der Waals surface area (Å²) in [6, 6.07) is 4.52. The van der Waals surface area contributed by atoms with Crippen LogP contribution in [0.5, 0.6) is 0 Å². The van der Waals surface area contributed by atoms with Gasteiger partial charge in [-0.1, -0.05) is 0 Å². The summed E-state index contributed by atoms with van der Waals surface area (Å²) in [5.74, 6) is 0. The Bertz CT molecular complexity index is 754. The Hall–Kier alpha value is 0.468. The van der Waals surface area contributed by atoms with Crippen LogP contribution in [0, 0.1) is 0 Å². The van der Waals surface area contributed by atoms with Crippen LogP contribution in [0.25, 0.3) is 0 Å². The first kappa shape index (κ1) is 38.9. The molecular formula is C30H64O10Si4. The van der Waals surface area contributed by atoms with Gasteiger partial charge in [0.1, 0.15) is 12.2 Å². The first-order chi connectivity index (χ1) is 20.7. The monoisotopic (exact) mass is 696 g/mol. The molecule has 0 aliphatic carbocycles. The van der Waals surface area contributed by atoms with Gasteiger partial charge in [0.2, 0.25) is 0 Å². The zero-order valence-electron chi connectivity index (χ0n) is 29.1. The lowest BCUT2D eigenvalue weighted by Gasteiger charge is -2.34. The van der Waals surface area contributed by atoms with E-state index in [1.807, 2.05) is 0 Å². The van der Waals surface area contributed by atoms with E-state index in [4.69, 9.17) is 46.1 Å². The van der Waals surface area contributed by atoms with Crippen LogP contribution in [0.1, 0.15) is 25.7 Å². The molecule has 4 saturated heterocycles. The molecule has 4 fully saturated rings. The molecule has 0 aromatic carbocycles. The molecule has 1 unspecified atom stereocenters. The van der Waals surface area contributed by atoms with Crippen LogP contribution in [0.15, 0.2) is 0 Å². The normalized spacial score (nSPS) is 22.2. The topological polar surface area (TPSA) is 95.6 Å². The minimum Gasteiger partial charge on any atom is -0.455 e. The van der Waals surface area contributed by atoms with Gasteiger partial charge < -0.3 is 46.1 Å². The standard InChI is InChI=1S/C16H34O5Si2.C14H30O5Si2/c1-22(2,9-5-7-17-11-16-14-20-16)21-23(3,4)10-6-8-19-15-12-18-13-15;1-20(2,11-5-13-15-7-8-16-13)19-21(3,4)12-6-14-17-9-10-18-14/h15-16H,5-14H2,1-4H3;13-14H,5-12H2,1-4H3. The molecule has 0 aromatic rings. The van der Waals surface area contributed by atoms with Crippen LogP contribution in [0.2, 0.25) is 76.6 Å². The first-order valence-corrected chi connectivity index (χ1v) is 29.4. The van der Waals surface area contributed by atoms with E-state index in [0.29, 0.717) is 12.2 Å². The second-order valence-electron chi connectivity index (χ2n) is 14.9. The highest BCUT2D eigenvalue weighted by Gasteiger charge is 2.35. The van der Waals surface area contributed by atoms with Crippen LogP contribution >= 0.6 is 0 Å². The summed E-state index contributed by atoms with van der Waals surface area (Å²) in [7, 11) is -6.50. The van der Waals surface area contributed by atoms with Crippen molar-refractivity contribution in [2.75, 3.05) is 66.1 Å². The highest BCUT2D eigenvalue weighted by molar-refractivity contribution is 6.85. The zero-order valence-corrected chi connectivity index (χ0v) is 33.1. The lowest BCUT2D eigenvalue weighted by atomic mass is 10.3. The van der Waals surface area contributed by atoms with Crippen molar-refractivity contribution in [3.63, 3.8) is 0 Å². The third-order valence-electron chi connectivity index (χ3n) is 8.11. The third-order valence-corrected chi connectivity index (χ3v) is 23.1. The smallest absolute Gasteiger partial charge is 0.173 e. The molecule has 0 N–H and O–H groups in total. The first-order valence-electron chi connectivity index (χ1n) is 17.0. The van der Waals surface area contributed by atoms with Crippen LogP contribution in [-0.4, -0.2) is 124 Å². The average Bonchev–Trinajstić information content (AvgIpc) is 3.33. The van der Waals surface area contributed by atoms with E-state index in [0.717, 1.165) is 104 Å². The van der Waals surface area contributed by atoms with E-state index in [-0.39, 0.29) is 12.6 Å². The van der Waals surface area contributed by atoms with Crippen molar-refractivity contribution in [2.45, 2.75) is 127 Å². The van der Waals surface area contributed by atoms with E-state index in [1.54, 1.807) is 0 Å². The largest absolute Gasteiger partial charge is 0.455 e. The SMILES string of the molecule is C[Si](C)(CCC1OCCO1)O[Si](C)(C)CCC1OCCO1.C[Si](C)(CCCOCC1CO1)O[Si](C)(C)CCCOC1COC1. The summed E-state index contributed by atoms with van der Waals surface area (Å²) in [6.45, 7) is 26.4. The van der Waals surface area contributed by atoms with Gasteiger partial charge in [0, 0.05) is 13.2 Å². The lowest BCUT2D eigenvalue weighted by Crippen LogP contribution is -2.45. The van der Waals surface area contributed by atoms with Crippen molar-refractivity contribution in [1.82, 2.24) is 0 Å². The zero-order chi connectivity index (χ0) is 32.1. The molecular weight excluding hydrogens is 633 g/mol. The summed E-state index contributed by atoms with van der Waals surface area (Å²) in [5, 5.41) is 0. The fraction of sp³-hybridized carbons (Fsp3) is 1.00. The maximum Gasteiger partial charge on any atom is 0.173 e. The molecule has 0 aromatic heterocycles. The van der Waals surface area contributed by atoms with E-state index in [9.17, 15) is 0 Å². The predicted octanol–water partition coefficient (Wildman–Crippen LogP) is 5.96. The molecule has 0 amide bonds. The minimum atomic E-state index is -1.66. The molecule has 0 radical (unpaired) electrons. The van der Waals surface area contributed by atoms with Gasteiger partial charge in [-0.3, -0.25) is 0 Å². The molecule has 4 aliphatic rings. The molecule has 4 aliphatic heterocycles. The Kier molecular flexibility index (Phi) is 16.7. The number of epoxide rings is 1. The van der Waals surface area contributed by atoms with Crippen molar-refractivity contribution in [3.8, 4) is 0 Å². The molecule has 0 spiro atoms. The van der Waals surface area contributed by atoms with Gasteiger partial charge in [-0.15, -0.1) is 0 Å². The summed E-state index contributed by atoms with van der Waals surface area (Å²) < 4.78 is 56.9. The maximum absolute atomic E-state index is 6.63. The quantitative estimate of drug-likeness (QED) is 0.0813. The Morgan fingerprint density at radius 3 is 1.39 bits per heavy atom. The molecule has 4 rings (SSSR count). The summed E-state index contributed by atoms with van der Waals surface area (Å²) in [5.41, 5.74) is 0. The number of ether oxygens (including phenoxy) is 8. The second kappa shape index (κ2) is 18.9. The van der Waals surface area contributed by atoms with Crippen molar-refractivity contribution in [3.05, 3.63) is 0 Å². The van der Waals surface area contributed by atoms with E-state index < -0.39 is 33.3 Å². The summed E-state index contributed by atoms with van der Waals surface area (Å²) >= 11 is 0. The molecule has 14 heteroatoms. The Balaban J connectivity index is 0.000000241. The van der Waals surface area contributed by atoms with E-state index >= 15 is 0 Å². The second-order valence-corrected chi connectivity index (χ2v) is 32.6. The fourth-order valence-electron chi connectivity index (χ4n) is 5.82. The lowest BCUT2D eigenvalue weighted by molar-refractivity contribution is -0.129. The van der Waals surface area contributed by atoms with Crippen LogP contribution < -0.4 is 0 Å². The van der Waals surface area contributed by atoms with Crippen LogP contribution in [0.4, 0.5) is 0 Å².